The lowest BCUT2D eigenvalue weighted by molar-refractivity contribution is -0.137. The van der Waals surface area contributed by atoms with Crippen LogP contribution in [0.25, 0.3) is 0 Å². The summed E-state index contributed by atoms with van der Waals surface area (Å²) in [5.41, 5.74) is 0.705. The van der Waals surface area contributed by atoms with Crippen LogP contribution >= 0.6 is 11.6 Å². The van der Waals surface area contributed by atoms with Crippen molar-refractivity contribution in [3.05, 3.63) is 59.1 Å². The zero-order chi connectivity index (χ0) is 20.9. The van der Waals surface area contributed by atoms with Crippen molar-refractivity contribution in [1.82, 2.24) is 10.2 Å². The van der Waals surface area contributed by atoms with E-state index in [2.05, 4.69) is 20.4 Å². The molecule has 29 heavy (non-hydrogen) atoms. The molecule has 1 aliphatic rings. The van der Waals surface area contributed by atoms with E-state index in [9.17, 15) is 18.0 Å². The molecule has 9 heteroatoms. The lowest BCUT2D eigenvalue weighted by Crippen LogP contribution is -2.48. The van der Waals surface area contributed by atoms with Gasteiger partial charge in [-0.1, -0.05) is 11.6 Å². The lowest BCUT2D eigenvalue weighted by atomic mass is 10.2. The molecule has 2 amide bonds. The third-order valence-electron chi connectivity index (χ3n) is 4.75. The highest BCUT2D eigenvalue weighted by Crippen LogP contribution is 2.29. The van der Waals surface area contributed by atoms with Crippen molar-refractivity contribution < 1.29 is 18.0 Å². The van der Waals surface area contributed by atoms with E-state index in [4.69, 9.17) is 11.6 Å². The van der Waals surface area contributed by atoms with Crippen molar-refractivity contribution in [2.24, 2.45) is 0 Å². The second-order valence-corrected chi connectivity index (χ2v) is 7.20. The molecule has 0 aromatic heterocycles. The maximum atomic E-state index is 12.5. The summed E-state index contributed by atoms with van der Waals surface area (Å²) in [6.45, 7) is 4.69. The van der Waals surface area contributed by atoms with E-state index in [0.29, 0.717) is 23.8 Å². The number of halogens is 4. The maximum absolute atomic E-state index is 12.5. The molecule has 0 aliphatic carbocycles. The smallest absolute Gasteiger partial charge is 0.369 e. The van der Waals surface area contributed by atoms with Gasteiger partial charge in [-0.3, -0.25) is 4.90 Å². The van der Waals surface area contributed by atoms with Gasteiger partial charge in [-0.15, -0.1) is 0 Å². The highest BCUT2D eigenvalue weighted by atomic mass is 35.5. The van der Waals surface area contributed by atoms with E-state index in [1.165, 1.54) is 12.1 Å². The van der Waals surface area contributed by atoms with Crippen molar-refractivity contribution in [2.45, 2.75) is 6.18 Å². The molecule has 0 bridgehead atoms. The van der Waals surface area contributed by atoms with Gasteiger partial charge in [0.2, 0.25) is 0 Å². The summed E-state index contributed by atoms with van der Waals surface area (Å²) in [7, 11) is 0. The van der Waals surface area contributed by atoms with Crippen LogP contribution in [-0.4, -0.2) is 50.2 Å². The molecule has 2 aromatic carbocycles. The first kappa shape index (κ1) is 21.3. The van der Waals surface area contributed by atoms with Gasteiger partial charge < -0.3 is 15.5 Å². The zero-order valence-electron chi connectivity index (χ0n) is 15.7. The van der Waals surface area contributed by atoms with Gasteiger partial charge in [0, 0.05) is 55.7 Å². The number of nitrogens with one attached hydrogen (secondary N) is 2. The highest BCUT2D eigenvalue weighted by Gasteiger charge is 2.30. The second-order valence-electron chi connectivity index (χ2n) is 6.76. The van der Waals surface area contributed by atoms with Gasteiger partial charge in [0.1, 0.15) is 0 Å². The van der Waals surface area contributed by atoms with Crippen LogP contribution in [0.5, 0.6) is 0 Å². The summed E-state index contributed by atoms with van der Waals surface area (Å²) in [4.78, 5) is 16.5. The van der Waals surface area contributed by atoms with E-state index in [0.717, 1.165) is 44.0 Å². The first-order valence-corrected chi connectivity index (χ1v) is 9.64. The monoisotopic (exact) mass is 426 g/mol. The number of alkyl halides is 3. The molecular weight excluding hydrogens is 405 g/mol. The Morgan fingerprint density at radius 1 is 0.966 bits per heavy atom. The molecule has 0 spiro atoms. The topological polar surface area (TPSA) is 47.6 Å². The molecule has 1 heterocycles. The number of carbonyl (C=O) groups excluding carboxylic acids is 1. The Kier molecular flexibility index (Phi) is 6.87. The van der Waals surface area contributed by atoms with Gasteiger partial charge in [0.05, 0.1) is 5.56 Å². The van der Waals surface area contributed by atoms with Gasteiger partial charge in [0.15, 0.2) is 0 Å². The number of carbonyl (C=O) groups is 1. The average Bonchev–Trinajstić information content (AvgIpc) is 2.69. The second kappa shape index (κ2) is 9.37. The Hall–Kier alpha value is -2.45. The van der Waals surface area contributed by atoms with Gasteiger partial charge in [-0.2, -0.15) is 13.2 Å². The first-order chi connectivity index (χ1) is 13.8. The van der Waals surface area contributed by atoms with Crippen LogP contribution in [0.4, 0.5) is 29.3 Å². The highest BCUT2D eigenvalue weighted by molar-refractivity contribution is 6.30. The molecule has 2 N–H and O–H groups in total. The van der Waals surface area contributed by atoms with Crippen LogP contribution in [0.2, 0.25) is 5.02 Å². The molecule has 156 valence electrons. The van der Waals surface area contributed by atoms with Crippen molar-refractivity contribution in [3.63, 3.8) is 0 Å². The molecule has 2 aromatic rings. The SMILES string of the molecule is O=C(NCCN1CCN(c2ccc(Cl)cc2)CC1)Nc1ccc(C(F)(F)F)cc1. The number of rotatable bonds is 5. The van der Waals surface area contributed by atoms with E-state index < -0.39 is 17.8 Å². The molecule has 0 saturated carbocycles. The molecule has 1 aliphatic heterocycles. The summed E-state index contributed by atoms with van der Waals surface area (Å²) in [5, 5.41) is 5.98. The average molecular weight is 427 g/mol. The van der Waals surface area contributed by atoms with Crippen LogP contribution < -0.4 is 15.5 Å². The van der Waals surface area contributed by atoms with E-state index in [-0.39, 0.29) is 0 Å². The van der Waals surface area contributed by atoms with E-state index in [1.54, 1.807) is 0 Å². The summed E-state index contributed by atoms with van der Waals surface area (Å²) < 4.78 is 37.6. The fourth-order valence-corrected chi connectivity index (χ4v) is 3.25. The molecular formula is C20H22ClF3N4O. The first-order valence-electron chi connectivity index (χ1n) is 9.26. The van der Waals surface area contributed by atoms with Crippen LogP contribution in [-0.2, 0) is 6.18 Å². The normalized spacial score (nSPS) is 15.2. The largest absolute Gasteiger partial charge is 0.416 e. The molecule has 3 rings (SSSR count). The van der Waals surface area contributed by atoms with Gasteiger partial charge in [-0.25, -0.2) is 4.79 Å². The molecule has 0 radical (unpaired) electrons. The van der Waals surface area contributed by atoms with Gasteiger partial charge in [0.25, 0.3) is 0 Å². The zero-order valence-corrected chi connectivity index (χ0v) is 16.4. The third kappa shape index (κ3) is 6.27. The van der Waals surface area contributed by atoms with Crippen LogP contribution in [0.1, 0.15) is 5.56 Å². The Labute approximate surface area is 172 Å². The predicted molar refractivity (Wildman–Crippen MR) is 109 cm³/mol. The maximum Gasteiger partial charge on any atom is 0.416 e. The van der Waals surface area contributed by atoms with E-state index in [1.807, 2.05) is 24.3 Å². The molecule has 5 nitrogen and oxygen atoms in total. The number of benzene rings is 2. The molecule has 1 saturated heterocycles. The lowest BCUT2D eigenvalue weighted by Gasteiger charge is -2.36. The Morgan fingerprint density at radius 3 is 2.17 bits per heavy atom. The Balaban J connectivity index is 1.36. The number of nitrogens with zero attached hydrogens (tertiary/aromatic N) is 2. The molecule has 1 fully saturated rings. The fraction of sp³-hybridized carbons (Fsp3) is 0.350. The van der Waals surface area contributed by atoms with Crippen LogP contribution in [0, 0.1) is 0 Å². The predicted octanol–water partition coefficient (Wildman–Crippen LogP) is 4.30. The molecule has 0 atom stereocenters. The number of urea groups is 1. The van der Waals surface area contributed by atoms with Crippen LogP contribution in [0.15, 0.2) is 48.5 Å². The summed E-state index contributed by atoms with van der Waals surface area (Å²) >= 11 is 5.92. The number of hydrogen-bond donors (Lipinski definition) is 2. The Morgan fingerprint density at radius 2 is 1.59 bits per heavy atom. The number of piperazine rings is 1. The van der Waals surface area contributed by atoms with Crippen molar-refractivity contribution in [2.75, 3.05) is 49.5 Å². The fourth-order valence-electron chi connectivity index (χ4n) is 3.13. The summed E-state index contributed by atoms with van der Waals surface area (Å²) in [6, 6.07) is 11.7. The standard InChI is InChI=1S/C20H22ClF3N4O/c21-16-3-7-18(8-4-16)28-13-11-27(12-14-28)10-9-25-19(29)26-17-5-1-15(2-6-17)20(22,23)24/h1-8H,9-14H2,(H2,25,26,29). The minimum absolute atomic E-state index is 0.312. The van der Waals surface area contributed by atoms with Crippen LogP contribution in [0.3, 0.4) is 0 Å². The third-order valence-corrected chi connectivity index (χ3v) is 5.00. The number of anilines is 2. The van der Waals surface area contributed by atoms with Gasteiger partial charge in [-0.05, 0) is 48.5 Å². The minimum atomic E-state index is -4.39. The number of hydrogen-bond acceptors (Lipinski definition) is 3. The van der Waals surface area contributed by atoms with Crippen molar-refractivity contribution >= 4 is 29.0 Å². The van der Waals surface area contributed by atoms with E-state index >= 15 is 0 Å². The quantitative estimate of drug-likeness (QED) is 0.749. The minimum Gasteiger partial charge on any atom is -0.369 e. The number of amides is 2. The summed E-state index contributed by atoms with van der Waals surface area (Å²) in [5.74, 6) is 0. The Bertz CT molecular complexity index is 804. The summed E-state index contributed by atoms with van der Waals surface area (Å²) in [6.07, 6.45) is -4.39. The molecule has 0 unspecified atom stereocenters. The van der Waals surface area contributed by atoms with Crippen molar-refractivity contribution in [1.29, 1.82) is 0 Å². The van der Waals surface area contributed by atoms with Crippen molar-refractivity contribution in [3.8, 4) is 0 Å². The van der Waals surface area contributed by atoms with Gasteiger partial charge >= 0.3 is 12.2 Å².